The molecule has 0 spiro atoms. The minimum absolute atomic E-state index is 0. The molecule has 1 heterocycles. The highest BCUT2D eigenvalue weighted by Crippen LogP contribution is 2.17. The number of rotatable bonds is 18. The average molecular weight is 460 g/mol. The van der Waals surface area contributed by atoms with Gasteiger partial charge in [0.15, 0.2) is 0 Å². The first kappa shape index (κ1) is 27.8. The number of likely N-dealkylation sites (N-methyl/N-ethyl adjacent to an activating group) is 1. The van der Waals surface area contributed by atoms with Crippen LogP contribution in [0.5, 0.6) is 0 Å². The van der Waals surface area contributed by atoms with E-state index in [-0.39, 0.29) is 23.6 Å². The molecule has 3 nitrogen and oxygen atoms in total. The SMILES string of the molecule is CCCCCCCCCCCCCCCC=CC1=NCC[N+]1(CC)CCO.[Br-]. The van der Waals surface area contributed by atoms with Gasteiger partial charge >= 0.3 is 0 Å². The first-order chi connectivity index (χ1) is 13.3. The number of aliphatic hydroxyl groups excluding tert-OH is 1. The van der Waals surface area contributed by atoms with Crippen molar-refractivity contribution in [2.24, 2.45) is 4.99 Å². The highest BCUT2D eigenvalue weighted by molar-refractivity contribution is 5.88. The standard InChI is InChI=1S/C24H47N2O.BrH/c1-3-5-6-7-8-9-10-11-12-13-14-15-16-17-18-19-24-25-20-21-26(24,4-2)22-23-27;/h18-19,27H,3-17,20-23H2,1-2H3;1H/q+1;/p-1. The number of hydrogen-bond acceptors (Lipinski definition) is 2. The number of halogens is 1. The van der Waals surface area contributed by atoms with Gasteiger partial charge in [0.1, 0.15) is 13.1 Å². The zero-order valence-electron chi connectivity index (χ0n) is 18.8. The van der Waals surface area contributed by atoms with Crippen LogP contribution in [-0.2, 0) is 0 Å². The summed E-state index contributed by atoms with van der Waals surface area (Å²) in [5.74, 6) is 1.18. The van der Waals surface area contributed by atoms with Crippen LogP contribution in [0.2, 0.25) is 0 Å². The lowest BCUT2D eigenvalue weighted by Crippen LogP contribution is -3.00. The molecule has 4 heteroatoms. The second kappa shape index (κ2) is 18.8. The van der Waals surface area contributed by atoms with Gasteiger partial charge in [0.25, 0.3) is 0 Å². The van der Waals surface area contributed by atoms with Gasteiger partial charge < -0.3 is 22.1 Å². The Kier molecular flexibility index (Phi) is 18.7. The van der Waals surface area contributed by atoms with Crippen LogP contribution in [0.15, 0.2) is 17.1 Å². The summed E-state index contributed by atoms with van der Waals surface area (Å²) in [5, 5.41) is 9.35. The molecule has 0 aromatic carbocycles. The molecular formula is C24H47BrN2O. The van der Waals surface area contributed by atoms with E-state index in [1.165, 1.54) is 95.7 Å². The van der Waals surface area contributed by atoms with Crippen molar-refractivity contribution in [1.82, 2.24) is 0 Å². The third kappa shape index (κ3) is 11.7. The lowest BCUT2D eigenvalue weighted by molar-refractivity contribution is -0.832. The van der Waals surface area contributed by atoms with Crippen LogP contribution in [0, 0.1) is 0 Å². The van der Waals surface area contributed by atoms with E-state index in [4.69, 9.17) is 0 Å². The van der Waals surface area contributed by atoms with Crippen molar-refractivity contribution in [1.29, 1.82) is 0 Å². The van der Waals surface area contributed by atoms with Gasteiger partial charge in [-0.25, -0.2) is 4.99 Å². The fraction of sp³-hybridized carbons (Fsp3) is 0.875. The molecule has 1 aliphatic rings. The fourth-order valence-electron chi connectivity index (χ4n) is 4.20. The predicted molar refractivity (Wildman–Crippen MR) is 119 cm³/mol. The Balaban J connectivity index is 0.00000729. The van der Waals surface area contributed by atoms with Crippen LogP contribution in [0.1, 0.15) is 104 Å². The van der Waals surface area contributed by atoms with Gasteiger partial charge in [-0.3, -0.25) is 4.48 Å². The van der Waals surface area contributed by atoms with E-state index in [1.807, 2.05) is 0 Å². The summed E-state index contributed by atoms with van der Waals surface area (Å²) in [7, 11) is 0. The van der Waals surface area contributed by atoms with Gasteiger partial charge in [0.2, 0.25) is 5.84 Å². The van der Waals surface area contributed by atoms with Gasteiger partial charge in [0, 0.05) is 6.08 Å². The van der Waals surface area contributed by atoms with E-state index in [0.717, 1.165) is 30.7 Å². The Morgan fingerprint density at radius 3 is 1.89 bits per heavy atom. The molecule has 0 fully saturated rings. The highest BCUT2D eigenvalue weighted by atomic mass is 79.9. The predicted octanol–water partition coefficient (Wildman–Crippen LogP) is 3.27. The summed E-state index contributed by atoms with van der Waals surface area (Å²) in [4.78, 5) is 4.67. The largest absolute Gasteiger partial charge is 1.00 e. The van der Waals surface area contributed by atoms with Crippen LogP contribution >= 0.6 is 0 Å². The minimum atomic E-state index is 0. The molecule has 1 aliphatic heterocycles. The molecule has 0 amide bonds. The second-order valence-corrected chi connectivity index (χ2v) is 8.31. The maximum absolute atomic E-state index is 9.35. The molecule has 166 valence electrons. The van der Waals surface area contributed by atoms with Crippen LogP contribution in [0.25, 0.3) is 0 Å². The van der Waals surface area contributed by atoms with Crippen molar-refractivity contribution in [3.63, 3.8) is 0 Å². The lowest BCUT2D eigenvalue weighted by Gasteiger charge is -2.31. The Hall–Kier alpha value is -0.190. The minimum Gasteiger partial charge on any atom is -1.00 e. The van der Waals surface area contributed by atoms with E-state index in [1.54, 1.807) is 0 Å². The summed E-state index contributed by atoms with van der Waals surface area (Å²) >= 11 is 0. The van der Waals surface area contributed by atoms with Crippen LogP contribution in [0.4, 0.5) is 0 Å². The van der Waals surface area contributed by atoms with Gasteiger partial charge in [-0.1, -0.05) is 90.0 Å². The van der Waals surface area contributed by atoms with Crippen molar-refractivity contribution >= 4 is 5.84 Å². The molecular weight excluding hydrogens is 412 g/mol. The lowest BCUT2D eigenvalue weighted by atomic mass is 10.0. The molecule has 0 radical (unpaired) electrons. The number of quaternary nitrogens is 1. The topological polar surface area (TPSA) is 32.6 Å². The van der Waals surface area contributed by atoms with Crippen molar-refractivity contribution in [3.05, 3.63) is 12.2 Å². The molecule has 1 rings (SSSR count). The van der Waals surface area contributed by atoms with E-state index in [0.29, 0.717) is 0 Å². The fourth-order valence-corrected chi connectivity index (χ4v) is 4.20. The third-order valence-electron chi connectivity index (χ3n) is 6.16. The highest BCUT2D eigenvalue weighted by Gasteiger charge is 2.34. The Bertz CT molecular complexity index is 411. The average Bonchev–Trinajstić information content (AvgIpc) is 3.08. The van der Waals surface area contributed by atoms with Crippen LogP contribution in [-0.4, -0.2) is 48.2 Å². The number of aliphatic imine (C=N–C) groups is 1. The molecule has 1 N–H and O–H groups in total. The zero-order chi connectivity index (χ0) is 19.6. The number of aliphatic hydroxyl groups is 1. The summed E-state index contributed by atoms with van der Waals surface area (Å²) in [6.45, 7) is 8.54. The summed E-state index contributed by atoms with van der Waals surface area (Å²) < 4.78 is 0.867. The molecule has 0 bridgehead atoms. The van der Waals surface area contributed by atoms with Crippen LogP contribution < -0.4 is 17.0 Å². The molecule has 0 saturated heterocycles. The molecule has 28 heavy (non-hydrogen) atoms. The maximum Gasteiger partial charge on any atom is 0.222 e. The number of amidine groups is 1. The normalized spacial score (nSPS) is 19.2. The molecule has 0 saturated carbocycles. The van der Waals surface area contributed by atoms with E-state index in [2.05, 4.69) is 31.0 Å². The first-order valence-corrected chi connectivity index (χ1v) is 12.0. The van der Waals surface area contributed by atoms with Gasteiger partial charge in [-0.2, -0.15) is 0 Å². The number of hydrogen-bond donors (Lipinski definition) is 1. The molecule has 0 aromatic heterocycles. The van der Waals surface area contributed by atoms with Crippen molar-refractivity contribution < 1.29 is 26.6 Å². The molecule has 1 atom stereocenters. The third-order valence-corrected chi connectivity index (χ3v) is 6.16. The molecule has 0 aliphatic carbocycles. The number of allylic oxidation sites excluding steroid dienone is 1. The smallest absolute Gasteiger partial charge is 0.222 e. The van der Waals surface area contributed by atoms with Crippen molar-refractivity contribution in [2.45, 2.75) is 104 Å². The summed E-state index contributed by atoms with van der Waals surface area (Å²) in [6.07, 6.45) is 24.1. The zero-order valence-corrected chi connectivity index (χ0v) is 20.4. The molecule has 0 aromatic rings. The second-order valence-electron chi connectivity index (χ2n) is 8.31. The molecule has 1 unspecified atom stereocenters. The Morgan fingerprint density at radius 1 is 0.857 bits per heavy atom. The number of unbranched alkanes of at least 4 members (excludes halogenated alkanes) is 13. The monoisotopic (exact) mass is 458 g/mol. The van der Waals surface area contributed by atoms with E-state index < -0.39 is 0 Å². The van der Waals surface area contributed by atoms with Gasteiger partial charge in [0.05, 0.1) is 19.7 Å². The van der Waals surface area contributed by atoms with Crippen LogP contribution in [0.3, 0.4) is 0 Å². The Labute approximate surface area is 186 Å². The quantitative estimate of drug-likeness (QED) is 0.248. The first-order valence-electron chi connectivity index (χ1n) is 12.0. The van der Waals surface area contributed by atoms with Crippen molar-refractivity contribution in [2.75, 3.05) is 32.8 Å². The maximum atomic E-state index is 9.35. The van der Waals surface area contributed by atoms with Gasteiger partial charge in [-0.05, 0) is 19.8 Å². The number of nitrogens with zero attached hydrogens (tertiary/aromatic N) is 2. The Morgan fingerprint density at radius 2 is 1.39 bits per heavy atom. The summed E-state index contributed by atoms with van der Waals surface area (Å²) in [6, 6.07) is 0. The van der Waals surface area contributed by atoms with E-state index >= 15 is 0 Å². The van der Waals surface area contributed by atoms with E-state index in [9.17, 15) is 5.11 Å². The van der Waals surface area contributed by atoms with Crippen molar-refractivity contribution in [3.8, 4) is 0 Å². The summed E-state index contributed by atoms with van der Waals surface area (Å²) in [5.41, 5.74) is 0. The van der Waals surface area contributed by atoms with Gasteiger partial charge in [-0.15, -0.1) is 0 Å².